The van der Waals surface area contributed by atoms with Crippen LogP contribution in [0.5, 0.6) is 0 Å². The van der Waals surface area contributed by atoms with E-state index in [1.54, 1.807) is 12.5 Å². The van der Waals surface area contributed by atoms with E-state index in [0.717, 1.165) is 37.9 Å². The van der Waals surface area contributed by atoms with Crippen LogP contribution in [-0.2, 0) is 6.54 Å². The maximum absolute atomic E-state index is 10.3. The Labute approximate surface area is 119 Å². The maximum atomic E-state index is 10.3. The number of nitrogens with one attached hydrogen (secondary N) is 1. The van der Waals surface area contributed by atoms with E-state index in [-0.39, 0.29) is 0 Å². The number of hydrogen-bond donors (Lipinski definition) is 2. The van der Waals surface area contributed by atoms with Crippen molar-refractivity contribution in [3.63, 3.8) is 0 Å². The van der Waals surface area contributed by atoms with Gasteiger partial charge in [0.15, 0.2) is 0 Å². The molecule has 4 nitrogen and oxygen atoms in total. The van der Waals surface area contributed by atoms with Gasteiger partial charge in [-0.05, 0) is 30.5 Å². The second-order valence-electron chi connectivity index (χ2n) is 5.67. The van der Waals surface area contributed by atoms with Crippen molar-refractivity contribution in [2.75, 3.05) is 6.54 Å². The van der Waals surface area contributed by atoms with Gasteiger partial charge < -0.3 is 15.0 Å². The van der Waals surface area contributed by atoms with Crippen LogP contribution in [0.2, 0.25) is 0 Å². The normalized spacial score (nSPS) is 17.4. The summed E-state index contributed by atoms with van der Waals surface area (Å²) in [4.78, 5) is 4.05. The fraction of sp³-hybridized carbons (Fsp3) is 0.438. The monoisotopic (exact) mass is 271 g/mol. The van der Waals surface area contributed by atoms with Gasteiger partial charge in [0.25, 0.3) is 0 Å². The van der Waals surface area contributed by atoms with Gasteiger partial charge in [0.05, 0.1) is 11.9 Å². The molecule has 1 aliphatic carbocycles. The summed E-state index contributed by atoms with van der Waals surface area (Å²) in [6.07, 6.45) is 9.66. The van der Waals surface area contributed by atoms with Gasteiger partial charge in [-0.25, -0.2) is 4.98 Å². The first-order chi connectivity index (χ1) is 9.75. The van der Waals surface area contributed by atoms with Crippen LogP contribution in [0.1, 0.15) is 31.2 Å². The van der Waals surface area contributed by atoms with E-state index in [1.807, 2.05) is 10.8 Å². The van der Waals surface area contributed by atoms with E-state index in [4.69, 9.17) is 0 Å². The number of nitrogens with zero attached hydrogens (tertiary/aromatic N) is 2. The Morgan fingerprint density at radius 2 is 1.95 bits per heavy atom. The molecule has 0 atom stereocenters. The molecule has 0 spiro atoms. The number of hydrogen-bond acceptors (Lipinski definition) is 3. The third-order valence-corrected chi connectivity index (χ3v) is 4.06. The fourth-order valence-corrected chi connectivity index (χ4v) is 2.85. The van der Waals surface area contributed by atoms with Gasteiger partial charge in [0.2, 0.25) is 0 Å². The predicted molar refractivity (Wildman–Crippen MR) is 78.7 cm³/mol. The standard InChI is InChI=1S/C16H21N3O/c20-16(7-1-2-8-16)12-18-11-14-3-5-15(6-4-14)19-10-9-17-13-19/h3-6,9-10,13,18,20H,1-2,7-8,11-12H2. The van der Waals surface area contributed by atoms with E-state index >= 15 is 0 Å². The zero-order valence-electron chi connectivity index (χ0n) is 11.6. The van der Waals surface area contributed by atoms with Crippen LogP contribution in [0.3, 0.4) is 0 Å². The highest BCUT2D eigenvalue weighted by atomic mass is 16.3. The van der Waals surface area contributed by atoms with Crippen molar-refractivity contribution < 1.29 is 5.11 Å². The molecule has 1 fully saturated rings. The van der Waals surface area contributed by atoms with Gasteiger partial charge in [-0.1, -0.05) is 25.0 Å². The zero-order chi connectivity index (χ0) is 13.8. The molecule has 3 rings (SSSR count). The van der Waals surface area contributed by atoms with E-state index in [2.05, 4.69) is 34.6 Å². The average molecular weight is 271 g/mol. The lowest BCUT2D eigenvalue weighted by Crippen LogP contribution is -2.37. The van der Waals surface area contributed by atoms with Crippen molar-refractivity contribution in [2.45, 2.75) is 37.8 Å². The molecule has 1 aliphatic rings. The molecule has 0 unspecified atom stereocenters. The van der Waals surface area contributed by atoms with Crippen molar-refractivity contribution in [2.24, 2.45) is 0 Å². The van der Waals surface area contributed by atoms with E-state index in [1.165, 1.54) is 5.56 Å². The molecule has 0 aliphatic heterocycles. The number of benzene rings is 1. The fourth-order valence-electron chi connectivity index (χ4n) is 2.85. The lowest BCUT2D eigenvalue weighted by atomic mass is 10.0. The molecule has 2 N–H and O–H groups in total. The van der Waals surface area contributed by atoms with Crippen molar-refractivity contribution in [1.29, 1.82) is 0 Å². The molecule has 0 amide bonds. The van der Waals surface area contributed by atoms with Gasteiger partial charge in [-0.15, -0.1) is 0 Å². The highest BCUT2D eigenvalue weighted by Gasteiger charge is 2.30. The topological polar surface area (TPSA) is 50.1 Å². The van der Waals surface area contributed by atoms with Crippen LogP contribution in [0.4, 0.5) is 0 Å². The lowest BCUT2D eigenvalue weighted by Gasteiger charge is -2.22. The third-order valence-electron chi connectivity index (χ3n) is 4.06. The number of aromatic nitrogens is 2. The van der Waals surface area contributed by atoms with Crippen LogP contribution < -0.4 is 5.32 Å². The van der Waals surface area contributed by atoms with Crippen molar-refractivity contribution in [3.8, 4) is 5.69 Å². The van der Waals surface area contributed by atoms with Gasteiger partial charge in [0.1, 0.15) is 0 Å². The summed E-state index contributed by atoms with van der Waals surface area (Å²) >= 11 is 0. The van der Waals surface area contributed by atoms with Crippen LogP contribution in [0.25, 0.3) is 5.69 Å². The van der Waals surface area contributed by atoms with Crippen LogP contribution >= 0.6 is 0 Å². The second kappa shape index (κ2) is 5.77. The third kappa shape index (κ3) is 3.08. The Morgan fingerprint density at radius 1 is 1.20 bits per heavy atom. The highest BCUT2D eigenvalue weighted by Crippen LogP contribution is 2.28. The molecule has 1 heterocycles. The van der Waals surface area contributed by atoms with E-state index in [0.29, 0.717) is 6.54 Å². The van der Waals surface area contributed by atoms with E-state index in [9.17, 15) is 5.11 Å². The molecule has 20 heavy (non-hydrogen) atoms. The Morgan fingerprint density at radius 3 is 2.60 bits per heavy atom. The van der Waals surface area contributed by atoms with Gasteiger partial charge in [-0.2, -0.15) is 0 Å². The first-order valence-corrected chi connectivity index (χ1v) is 7.26. The maximum Gasteiger partial charge on any atom is 0.0991 e. The average Bonchev–Trinajstić information content (AvgIpc) is 3.11. The molecule has 0 radical (unpaired) electrons. The summed E-state index contributed by atoms with van der Waals surface area (Å²) in [5.41, 5.74) is 1.87. The summed E-state index contributed by atoms with van der Waals surface area (Å²) < 4.78 is 1.98. The zero-order valence-corrected chi connectivity index (χ0v) is 11.6. The summed E-state index contributed by atoms with van der Waals surface area (Å²) in [6, 6.07) is 8.40. The summed E-state index contributed by atoms with van der Waals surface area (Å²) in [5.74, 6) is 0. The largest absolute Gasteiger partial charge is 0.389 e. The molecule has 106 valence electrons. The molecular weight excluding hydrogens is 250 g/mol. The summed E-state index contributed by atoms with van der Waals surface area (Å²) in [6.45, 7) is 1.49. The van der Waals surface area contributed by atoms with Crippen LogP contribution in [-0.4, -0.2) is 26.8 Å². The summed E-state index contributed by atoms with van der Waals surface area (Å²) in [5, 5.41) is 13.6. The van der Waals surface area contributed by atoms with Gasteiger partial charge in [-0.3, -0.25) is 0 Å². The van der Waals surface area contributed by atoms with Crippen molar-refractivity contribution in [1.82, 2.24) is 14.9 Å². The number of rotatable bonds is 5. The molecule has 1 aromatic heterocycles. The van der Waals surface area contributed by atoms with E-state index < -0.39 is 5.60 Å². The number of aliphatic hydroxyl groups is 1. The quantitative estimate of drug-likeness (QED) is 0.877. The van der Waals surface area contributed by atoms with Gasteiger partial charge >= 0.3 is 0 Å². The van der Waals surface area contributed by atoms with Crippen molar-refractivity contribution >= 4 is 0 Å². The smallest absolute Gasteiger partial charge is 0.0991 e. The van der Waals surface area contributed by atoms with Crippen molar-refractivity contribution in [3.05, 3.63) is 48.5 Å². The van der Waals surface area contributed by atoms with Crippen LogP contribution in [0, 0.1) is 0 Å². The molecule has 1 aromatic carbocycles. The molecule has 2 aromatic rings. The van der Waals surface area contributed by atoms with Gasteiger partial charge in [0, 0.05) is 31.2 Å². The highest BCUT2D eigenvalue weighted by molar-refractivity contribution is 5.34. The number of imidazole rings is 1. The molecule has 0 saturated heterocycles. The Bertz CT molecular complexity index is 527. The lowest BCUT2D eigenvalue weighted by molar-refractivity contribution is 0.0475. The Kier molecular flexibility index (Phi) is 3.85. The Hall–Kier alpha value is -1.65. The first-order valence-electron chi connectivity index (χ1n) is 7.26. The minimum Gasteiger partial charge on any atom is -0.389 e. The predicted octanol–water partition coefficient (Wildman–Crippen LogP) is 2.27. The Balaban J connectivity index is 1.53. The minimum atomic E-state index is -0.475. The molecule has 0 bridgehead atoms. The first kappa shape index (κ1) is 13.3. The molecule has 1 saturated carbocycles. The SMILES string of the molecule is OC1(CNCc2ccc(-n3ccnc3)cc2)CCCC1. The molecular formula is C16H21N3O. The summed E-state index contributed by atoms with van der Waals surface area (Å²) in [7, 11) is 0. The molecule has 4 heteroatoms. The minimum absolute atomic E-state index is 0.475. The second-order valence-corrected chi connectivity index (χ2v) is 5.67. The van der Waals surface area contributed by atoms with Crippen LogP contribution in [0.15, 0.2) is 43.0 Å².